The minimum absolute atomic E-state index is 0.565. The van der Waals surface area contributed by atoms with E-state index in [9.17, 15) is 0 Å². The number of aromatic nitrogens is 4. The molecule has 0 bridgehead atoms. The highest BCUT2D eigenvalue weighted by Crippen LogP contribution is 2.40. The van der Waals surface area contributed by atoms with Gasteiger partial charge in [-0.15, -0.1) is 0 Å². The molecule has 11 aromatic rings. The fourth-order valence-electron chi connectivity index (χ4n) is 8.01. The highest BCUT2D eigenvalue weighted by molar-refractivity contribution is 6.13. The molecule has 0 N–H and O–H groups in total. The smallest absolute Gasteiger partial charge is 0.238 e. The Kier molecular flexibility index (Phi) is 7.42. The minimum Gasteiger partial charge on any atom is -0.456 e. The number of nitrogens with zero attached hydrogens (tertiary/aromatic N) is 4. The van der Waals surface area contributed by atoms with Gasteiger partial charge in [-0.3, -0.25) is 4.57 Å². The molecule has 0 saturated heterocycles. The lowest BCUT2D eigenvalue weighted by molar-refractivity contribution is 0.669. The van der Waals surface area contributed by atoms with Crippen molar-refractivity contribution < 1.29 is 4.42 Å². The zero-order valence-electron chi connectivity index (χ0n) is 30.2. The Bertz CT molecular complexity index is 3240. The Morgan fingerprint density at radius 2 is 0.929 bits per heavy atom. The molecule has 8 aromatic carbocycles. The number of furan rings is 1. The van der Waals surface area contributed by atoms with Gasteiger partial charge in [-0.1, -0.05) is 152 Å². The van der Waals surface area contributed by atoms with Gasteiger partial charge in [0, 0.05) is 32.7 Å². The highest BCUT2D eigenvalue weighted by atomic mass is 16.3. The largest absolute Gasteiger partial charge is 0.456 e. The maximum absolute atomic E-state index is 6.48. The number of fused-ring (bicyclic) bond motifs is 6. The first kappa shape index (κ1) is 31.9. The molecule has 0 amide bonds. The van der Waals surface area contributed by atoms with Gasteiger partial charge in [0.2, 0.25) is 5.95 Å². The minimum atomic E-state index is 0.565. The zero-order chi connectivity index (χ0) is 37.0. The number of benzene rings is 8. The normalized spacial score (nSPS) is 11.6. The molecule has 0 atom stereocenters. The van der Waals surface area contributed by atoms with Gasteiger partial charge in [0.15, 0.2) is 11.6 Å². The quantitative estimate of drug-likeness (QED) is 0.172. The number of hydrogen-bond donors (Lipinski definition) is 0. The summed E-state index contributed by atoms with van der Waals surface area (Å²) < 4.78 is 8.65. The molecule has 56 heavy (non-hydrogen) atoms. The van der Waals surface area contributed by atoms with E-state index in [1.54, 1.807) is 0 Å². The van der Waals surface area contributed by atoms with Crippen molar-refractivity contribution in [1.82, 2.24) is 19.5 Å². The number of rotatable bonds is 6. The van der Waals surface area contributed by atoms with Crippen LogP contribution in [0.15, 0.2) is 199 Å². The summed E-state index contributed by atoms with van der Waals surface area (Å²) >= 11 is 0. The maximum Gasteiger partial charge on any atom is 0.238 e. The Labute approximate surface area is 322 Å². The van der Waals surface area contributed by atoms with Gasteiger partial charge in [0.25, 0.3) is 0 Å². The van der Waals surface area contributed by atoms with Gasteiger partial charge >= 0.3 is 0 Å². The molecule has 262 valence electrons. The third-order valence-corrected chi connectivity index (χ3v) is 10.7. The van der Waals surface area contributed by atoms with E-state index < -0.39 is 0 Å². The summed E-state index contributed by atoms with van der Waals surface area (Å²) in [6.45, 7) is 0. The lowest BCUT2D eigenvalue weighted by Crippen LogP contribution is -2.06. The Morgan fingerprint density at radius 1 is 0.339 bits per heavy atom. The van der Waals surface area contributed by atoms with E-state index in [1.807, 2.05) is 48.5 Å². The predicted molar refractivity (Wildman–Crippen MR) is 229 cm³/mol. The van der Waals surface area contributed by atoms with E-state index >= 15 is 0 Å². The van der Waals surface area contributed by atoms with Crippen molar-refractivity contribution in [2.45, 2.75) is 0 Å². The van der Waals surface area contributed by atoms with Crippen molar-refractivity contribution in [3.05, 3.63) is 194 Å². The SMILES string of the molecule is c1ccc(-c2ccc3c(c2)oc2cccc(-c4cccc(-c5nc(-c6ccccc6)nc(-n6c7ccccc7c7cc(-c8ccccc8)ccc76)n5)c4)c23)cc1. The monoisotopic (exact) mass is 716 g/mol. The van der Waals surface area contributed by atoms with Crippen LogP contribution in [0.25, 0.3) is 106 Å². The van der Waals surface area contributed by atoms with Gasteiger partial charge in [-0.05, 0) is 75.8 Å². The van der Waals surface area contributed by atoms with Crippen LogP contribution in [-0.2, 0) is 0 Å². The Hall–Kier alpha value is -7.63. The average molecular weight is 717 g/mol. The molecule has 5 nitrogen and oxygen atoms in total. The zero-order valence-corrected chi connectivity index (χ0v) is 30.2. The van der Waals surface area contributed by atoms with E-state index in [2.05, 4.69) is 150 Å². The second kappa shape index (κ2) is 13.0. The highest BCUT2D eigenvalue weighted by Gasteiger charge is 2.19. The molecule has 3 aromatic heterocycles. The lowest BCUT2D eigenvalue weighted by Gasteiger charge is -2.12. The van der Waals surface area contributed by atoms with Gasteiger partial charge in [-0.25, -0.2) is 4.98 Å². The molecule has 0 saturated carbocycles. The van der Waals surface area contributed by atoms with Crippen molar-refractivity contribution in [2.24, 2.45) is 0 Å². The summed E-state index contributed by atoms with van der Waals surface area (Å²) in [6, 6.07) is 67.4. The number of hydrogen-bond acceptors (Lipinski definition) is 4. The summed E-state index contributed by atoms with van der Waals surface area (Å²) in [5.41, 5.74) is 12.4. The molecular weight excluding hydrogens is 685 g/mol. The van der Waals surface area contributed by atoms with Gasteiger partial charge in [-0.2, -0.15) is 9.97 Å². The third-order valence-electron chi connectivity index (χ3n) is 10.7. The van der Waals surface area contributed by atoms with Crippen LogP contribution in [0.5, 0.6) is 0 Å². The molecule has 11 rings (SSSR count). The molecule has 0 aliphatic heterocycles. The molecule has 5 heteroatoms. The van der Waals surface area contributed by atoms with Crippen molar-refractivity contribution in [3.63, 3.8) is 0 Å². The lowest BCUT2D eigenvalue weighted by atomic mass is 9.97. The molecule has 0 radical (unpaired) electrons. The average Bonchev–Trinajstić information content (AvgIpc) is 3.82. The first-order valence-electron chi connectivity index (χ1n) is 18.8. The fourth-order valence-corrected chi connectivity index (χ4v) is 8.01. The first-order valence-corrected chi connectivity index (χ1v) is 18.8. The van der Waals surface area contributed by atoms with Crippen molar-refractivity contribution in [3.8, 4) is 62.1 Å². The van der Waals surface area contributed by atoms with E-state index in [4.69, 9.17) is 19.4 Å². The van der Waals surface area contributed by atoms with Crippen molar-refractivity contribution in [1.29, 1.82) is 0 Å². The van der Waals surface area contributed by atoms with E-state index in [0.717, 1.165) is 82.7 Å². The summed E-state index contributed by atoms with van der Waals surface area (Å²) in [7, 11) is 0. The van der Waals surface area contributed by atoms with Crippen molar-refractivity contribution in [2.75, 3.05) is 0 Å². The van der Waals surface area contributed by atoms with E-state index in [1.165, 1.54) is 5.56 Å². The number of para-hydroxylation sites is 1. The fraction of sp³-hybridized carbons (Fsp3) is 0. The summed E-state index contributed by atoms with van der Waals surface area (Å²) in [6.07, 6.45) is 0. The van der Waals surface area contributed by atoms with Crippen LogP contribution in [0.3, 0.4) is 0 Å². The Balaban J connectivity index is 1.08. The summed E-state index contributed by atoms with van der Waals surface area (Å²) in [5, 5.41) is 4.45. The second-order valence-electron chi connectivity index (χ2n) is 14.0. The van der Waals surface area contributed by atoms with Gasteiger partial charge < -0.3 is 4.42 Å². The Morgan fingerprint density at radius 3 is 1.70 bits per heavy atom. The maximum atomic E-state index is 6.48. The summed E-state index contributed by atoms with van der Waals surface area (Å²) in [4.78, 5) is 15.5. The predicted octanol–water partition coefficient (Wildman–Crippen LogP) is 13.2. The molecule has 0 aliphatic carbocycles. The molecule has 0 fully saturated rings. The van der Waals surface area contributed by atoms with Gasteiger partial charge in [0.1, 0.15) is 11.2 Å². The molecule has 0 aliphatic rings. The van der Waals surface area contributed by atoms with Crippen molar-refractivity contribution >= 4 is 43.7 Å². The first-order chi connectivity index (χ1) is 27.7. The second-order valence-corrected chi connectivity index (χ2v) is 14.0. The molecule has 0 unspecified atom stereocenters. The van der Waals surface area contributed by atoms with Gasteiger partial charge in [0.05, 0.1) is 11.0 Å². The summed E-state index contributed by atoms with van der Waals surface area (Å²) in [5.74, 6) is 1.77. The van der Waals surface area contributed by atoms with E-state index in [0.29, 0.717) is 17.6 Å². The van der Waals surface area contributed by atoms with E-state index in [-0.39, 0.29) is 0 Å². The van der Waals surface area contributed by atoms with Crippen LogP contribution >= 0.6 is 0 Å². The van der Waals surface area contributed by atoms with Crippen LogP contribution in [0.2, 0.25) is 0 Å². The van der Waals surface area contributed by atoms with Crippen LogP contribution < -0.4 is 0 Å². The van der Waals surface area contributed by atoms with Crippen LogP contribution in [0, 0.1) is 0 Å². The molecule has 0 spiro atoms. The van der Waals surface area contributed by atoms with Crippen LogP contribution in [0.4, 0.5) is 0 Å². The standard InChI is InChI=1S/C51H32N4O/c1-4-14-33(15-5-1)36-27-29-45-43(31-36)41-22-10-11-24-44(41)55(45)51-53-49(35-18-8-3-9-19-35)52-50(54-51)39-21-12-20-38(30-39)40-23-13-25-46-48(40)42-28-26-37(32-47(42)56-46)34-16-6-2-7-17-34/h1-32H. The third kappa shape index (κ3) is 5.37. The van der Waals surface area contributed by atoms with Crippen LogP contribution in [-0.4, -0.2) is 19.5 Å². The molecule has 3 heterocycles. The topological polar surface area (TPSA) is 56.7 Å². The molecular formula is C51H32N4O. The van der Waals surface area contributed by atoms with Crippen LogP contribution in [0.1, 0.15) is 0 Å².